The smallest absolute Gasteiger partial charge is 0.231 e. The van der Waals surface area contributed by atoms with E-state index in [1.165, 1.54) is 19.3 Å². The lowest BCUT2D eigenvalue weighted by Gasteiger charge is -2.39. The van der Waals surface area contributed by atoms with Gasteiger partial charge in [-0.25, -0.2) is 9.97 Å². The summed E-state index contributed by atoms with van der Waals surface area (Å²) in [5.74, 6) is 1.07. The van der Waals surface area contributed by atoms with Gasteiger partial charge in [0.05, 0.1) is 17.7 Å². The van der Waals surface area contributed by atoms with Crippen LogP contribution in [0, 0.1) is 5.41 Å². The lowest BCUT2D eigenvalue weighted by molar-refractivity contribution is -0.133. The number of piperazine rings is 1. The zero-order valence-corrected chi connectivity index (χ0v) is 23.0. The Bertz CT molecular complexity index is 1100. The van der Waals surface area contributed by atoms with Crippen molar-refractivity contribution in [2.45, 2.75) is 76.9 Å². The molecular formula is C29H40ClN5O2. The second kappa shape index (κ2) is 10.9. The molecule has 2 aliphatic carbocycles. The zero-order chi connectivity index (χ0) is 26.2. The van der Waals surface area contributed by atoms with E-state index in [9.17, 15) is 9.90 Å². The Labute approximate surface area is 225 Å². The van der Waals surface area contributed by atoms with Gasteiger partial charge in [0, 0.05) is 49.4 Å². The van der Waals surface area contributed by atoms with E-state index >= 15 is 0 Å². The van der Waals surface area contributed by atoms with Crippen molar-refractivity contribution in [1.82, 2.24) is 20.2 Å². The Morgan fingerprint density at radius 1 is 1.19 bits per heavy atom. The first kappa shape index (κ1) is 26.4. The molecule has 7 nitrogen and oxygen atoms in total. The second-order valence-electron chi connectivity index (χ2n) is 11.9. The number of hydrogen-bond donors (Lipinski definition) is 2. The van der Waals surface area contributed by atoms with Crippen molar-refractivity contribution in [2.24, 2.45) is 5.41 Å². The minimum atomic E-state index is -0.517. The number of halogens is 1. The maximum Gasteiger partial charge on any atom is 0.231 e. The van der Waals surface area contributed by atoms with Crippen molar-refractivity contribution in [1.29, 1.82) is 0 Å². The lowest BCUT2D eigenvalue weighted by Crippen LogP contribution is -2.52. The topological polar surface area (TPSA) is 81.6 Å². The Kier molecular flexibility index (Phi) is 7.75. The predicted molar refractivity (Wildman–Crippen MR) is 147 cm³/mol. The van der Waals surface area contributed by atoms with Crippen molar-refractivity contribution in [3.05, 3.63) is 52.4 Å². The van der Waals surface area contributed by atoms with Gasteiger partial charge >= 0.3 is 0 Å². The van der Waals surface area contributed by atoms with Crippen molar-refractivity contribution in [3.63, 3.8) is 0 Å². The maximum absolute atomic E-state index is 13.9. The van der Waals surface area contributed by atoms with E-state index in [2.05, 4.69) is 41.0 Å². The van der Waals surface area contributed by atoms with Gasteiger partial charge in [-0.1, -0.05) is 50.9 Å². The van der Waals surface area contributed by atoms with E-state index in [0.29, 0.717) is 42.5 Å². The number of benzene rings is 1. The number of carbonyl (C=O) groups excluding carboxylic acids is 1. The van der Waals surface area contributed by atoms with Crippen LogP contribution in [0.2, 0.25) is 5.02 Å². The molecule has 37 heavy (non-hydrogen) atoms. The molecule has 1 aromatic heterocycles. The first-order valence-corrected chi connectivity index (χ1v) is 14.1. The second-order valence-corrected chi connectivity index (χ2v) is 12.4. The van der Waals surface area contributed by atoms with Crippen LogP contribution in [0.5, 0.6) is 0 Å². The SMILES string of the molecule is C[C@@H]1C[C@@H](O)c2ncnc(N3CCN(C(=O)C(CNC4CCCC(C)(C)C4)c4ccc(Cl)cc4)CC3)c21. The molecule has 2 aromatic rings. The summed E-state index contributed by atoms with van der Waals surface area (Å²) < 4.78 is 0. The van der Waals surface area contributed by atoms with Crippen LogP contribution in [0.3, 0.4) is 0 Å². The van der Waals surface area contributed by atoms with E-state index in [4.69, 9.17) is 11.6 Å². The number of aliphatic hydroxyl groups excluding tert-OH is 1. The molecule has 0 bridgehead atoms. The van der Waals surface area contributed by atoms with Gasteiger partial charge in [-0.05, 0) is 54.7 Å². The molecule has 2 heterocycles. The van der Waals surface area contributed by atoms with Crippen LogP contribution in [-0.4, -0.2) is 64.6 Å². The first-order valence-electron chi connectivity index (χ1n) is 13.8. The highest BCUT2D eigenvalue weighted by atomic mass is 35.5. The monoisotopic (exact) mass is 525 g/mol. The summed E-state index contributed by atoms with van der Waals surface area (Å²) in [4.78, 5) is 27.1. The van der Waals surface area contributed by atoms with E-state index in [-0.39, 0.29) is 17.7 Å². The third-order valence-corrected chi connectivity index (χ3v) is 8.81. The van der Waals surface area contributed by atoms with Crippen LogP contribution in [0.1, 0.15) is 87.6 Å². The molecule has 1 aromatic carbocycles. The van der Waals surface area contributed by atoms with Crippen LogP contribution in [0.15, 0.2) is 30.6 Å². The van der Waals surface area contributed by atoms with Crippen molar-refractivity contribution in [3.8, 4) is 0 Å². The van der Waals surface area contributed by atoms with Gasteiger partial charge in [-0.15, -0.1) is 0 Å². The molecule has 2 N–H and O–H groups in total. The molecule has 2 unspecified atom stereocenters. The number of rotatable bonds is 6. The zero-order valence-electron chi connectivity index (χ0n) is 22.3. The first-order chi connectivity index (χ1) is 17.7. The molecule has 1 aliphatic heterocycles. The quantitative estimate of drug-likeness (QED) is 0.571. The third-order valence-electron chi connectivity index (χ3n) is 8.56. The van der Waals surface area contributed by atoms with Gasteiger partial charge in [-0.2, -0.15) is 0 Å². The Hall–Kier alpha value is -2.22. The molecule has 0 radical (unpaired) electrons. The van der Waals surface area contributed by atoms with E-state index in [0.717, 1.165) is 42.1 Å². The number of carbonyl (C=O) groups is 1. The minimum Gasteiger partial charge on any atom is -0.387 e. The van der Waals surface area contributed by atoms with Crippen molar-refractivity contribution < 1.29 is 9.90 Å². The van der Waals surface area contributed by atoms with Gasteiger partial charge in [-0.3, -0.25) is 4.79 Å². The number of amides is 1. The van der Waals surface area contributed by atoms with Crippen molar-refractivity contribution in [2.75, 3.05) is 37.6 Å². The fourth-order valence-electron chi connectivity index (χ4n) is 6.51. The highest BCUT2D eigenvalue weighted by molar-refractivity contribution is 6.30. The maximum atomic E-state index is 13.9. The molecule has 4 atom stereocenters. The largest absolute Gasteiger partial charge is 0.387 e. The number of nitrogens with zero attached hydrogens (tertiary/aromatic N) is 4. The van der Waals surface area contributed by atoms with Gasteiger partial charge in [0.1, 0.15) is 12.1 Å². The van der Waals surface area contributed by atoms with Crippen LogP contribution in [0.25, 0.3) is 0 Å². The number of nitrogens with one attached hydrogen (secondary N) is 1. The molecule has 5 rings (SSSR count). The van der Waals surface area contributed by atoms with Gasteiger partial charge < -0.3 is 20.2 Å². The van der Waals surface area contributed by atoms with Crippen LogP contribution in [0.4, 0.5) is 5.82 Å². The van der Waals surface area contributed by atoms with Crippen molar-refractivity contribution >= 4 is 23.3 Å². The summed E-state index contributed by atoms with van der Waals surface area (Å²) in [6, 6.07) is 8.18. The summed E-state index contributed by atoms with van der Waals surface area (Å²) in [5.41, 5.74) is 3.18. The molecule has 8 heteroatoms. The van der Waals surface area contributed by atoms with Crippen LogP contribution < -0.4 is 10.2 Å². The van der Waals surface area contributed by atoms with E-state index < -0.39 is 6.10 Å². The third kappa shape index (κ3) is 5.79. The fraction of sp³-hybridized carbons (Fsp3) is 0.621. The van der Waals surface area contributed by atoms with Gasteiger partial charge in [0.15, 0.2) is 0 Å². The predicted octanol–water partition coefficient (Wildman–Crippen LogP) is 4.66. The number of aliphatic hydroxyl groups is 1. The fourth-order valence-corrected chi connectivity index (χ4v) is 6.64. The molecule has 1 saturated carbocycles. The average molecular weight is 526 g/mol. The van der Waals surface area contributed by atoms with Crippen LogP contribution in [-0.2, 0) is 4.79 Å². The number of anilines is 1. The van der Waals surface area contributed by atoms with Gasteiger partial charge in [0.2, 0.25) is 5.91 Å². The molecule has 1 amide bonds. The van der Waals surface area contributed by atoms with Crippen LogP contribution >= 0.6 is 11.6 Å². The van der Waals surface area contributed by atoms with E-state index in [1.807, 2.05) is 29.2 Å². The molecule has 1 saturated heterocycles. The highest BCUT2D eigenvalue weighted by Crippen LogP contribution is 2.43. The average Bonchev–Trinajstić information content (AvgIpc) is 3.18. The standard InChI is InChI=1S/C29H40ClN5O2/c1-19-15-24(36)26-25(19)27(33-18-32-26)34-11-13-35(14-12-34)28(37)23(20-6-8-21(30)9-7-20)17-31-22-5-4-10-29(2,3)16-22/h6-9,18-19,22-24,31,36H,4-5,10-17H2,1-3H3/t19-,22?,23?,24-/m1/s1. The summed E-state index contributed by atoms with van der Waals surface area (Å²) >= 11 is 6.17. The number of hydrogen-bond acceptors (Lipinski definition) is 6. The molecular weight excluding hydrogens is 486 g/mol. The molecule has 2 fully saturated rings. The lowest BCUT2D eigenvalue weighted by atomic mass is 9.75. The normalized spacial score (nSPS) is 26.1. The Morgan fingerprint density at radius 3 is 2.62 bits per heavy atom. The summed E-state index contributed by atoms with van der Waals surface area (Å²) in [6.07, 6.45) is 6.53. The molecule has 3 aliphatic rings. The molecule has 0 spiro atoms. The molecule has 200 valence electrons. The Morgan fingerprint density at radius 2 is 1.92 bits per heavy atom. The van der Waals surface area contributed by atoms with E-state index in [1.54, 1.807) is 6.33 Å². The number of fused-ring (bicyclic) bond motifs is 1. The Balaban J connectivity index is 1.27. The summed E-state index contributed by atoms with van der Waals surface area (Å²) in [6.45, 7) is 10.2. The number of aromatic nitrogens is 2. The highest BCUT2D eigenvalue weighted by Gasteiger charge is 2.35. The summed E-state index contributed by atoms with van der Waals surface area (Å²) in [7, 11) is 0. The van der Waals surface area contributed by atoms with Gasteiger partial charge in [0.25, 0.3) is 0 Å². The summed E-state index contributed by atoms with van der Waals surface area (Å²) in [5, 5.41) is 14.8. The minimum absolute atomic E-state index is 0.168.